The highest BCUT2D eigenvalue weighted by Crippen LogP contribution is 2.37. The van der Waals surface area contributed by atoms with E-state index in [1.807, 2.05) is 6.20 Å². The molecule has 40 heavy (non-hydrogen) atoms. The first kappa shape index (κ1) is 28.5. The summed E-state index contributed by atoms with van der Waals surface area (Å²) in [6, 6.07) is 19.1. The first-order valence-corrected chi connectivity index (χ1v) is 14.8. The summed E-state index contributed by atoms with van der Waals surface area (Å²) in [6.07, 6.45) is 5.84. The SMILES string of the molecule is CC(C)(C)c1cccc(-c2ccnc(N[C@@H]3CCCC[C@H]3C[C@H]3CCCN(c4ccc(C(F)(F)F)cc4)C3)c2)c1. The van der Waals surface area contributed by atoms with Crippen LogP contribution in [0.1, 0.15) is 76.8 Å². The van der Waals surface area contributed by atoms with Gasteiger partial charge in [0, 0.05) is 31.0 Å². The van der Waals surface area contributed by atoms with E-state index < -0.39 is 11.7 Å². The Kier molecular flexibility index (Phi) is 8.44. The molecule has 1 saturated heterocycles. The third-order valence-corrected chi connectivity index (χ3v) is 8.78. The van der Waals surface area contributed by atoms with Crippen LogP contribution in [-0.2, 0) is 11.6 Å². The second kappa shape index (κ2) is 11.8. The number of pyridine rings is 1. The van der Waals surface area contributed by atoms with Crippen LogP contribution in [0.25, 0.3) is 11.1 Å². The Hall–Kier alpha value is -3.02. The van der Waals surface area contributed by atoms with Gasteiger partial charge < -0.3 is 10.2 Å². The summed E-state index contributed by atoms with van der Waals surface area (Å²) >= 11 is 0. The fraction of sp³-hybridized carbons (Fsp3) is 0.500. The summed E-state index contributed by atoms with van der Waals surface area (Å²) in [4.78, 5) is 6.96. The Bertz CT molecular complexity index is 1260. The van der Waals surface area contributed by atoms with Crippen LogP contribution in [0.4, 0.5) is 24.7 Å². The maximum Gasteiger partial charge on any atom is 0.416 e. The average molecular weight is 550 g/mol. The molecular formula is C34H42F3N3. The highest BCUT2D eigenvalue weighted by atomic mass is 19.4. The summed E-state index contributed by atoms with van der Waals surface area (Å²) in [5.74, 6) is 2.05. The topological polar surface area (TPSA) is 28.2 Å². The molecule has 5 rings (SSSR count). The van der Waals surface area contributed by atoms with Crippen molar-refractivity contribution in [3.8, 4) is 11.1 Å². The highest BCUT2D eigenvalue weighted by molar-refractivity contribution is 5.67. The predicted octanol–water partition coefficient (Wildman–Crippen LogP) is 9.34. The van der Waals surface area contributed by atoms with E-state index in [-0.39, 0.29) is 5.41 Å². The van der Waals surface area contributed by atoms with Gasteiger partial charge in [-0.05, 0) is 102 Å². The molecule has 2 aromatic carbocycles. The third-order valence-electron chi connectivity index (χ3n) is 8.78. The monoisotopic (exact) mass is 549 g/mol. The second-order valence-electron chi connectivity index (χ2n) is 12.8. The minimum Gasteiger partial charge on any atom is -0.371 e. The molecule has 0 bridgehead atoms. The minimum absolute atomic E-state index is 0.0979. The number of nitrogens with zero attached hydrogens (tertiary/aromatic N) is 2. The maximum absolute atomic E-state index is 13.0. The van der Waals surface area contributed by atoms with E-state index in [0.29, 0.717) is 17.9 Å². The number of anilines is 2. The Balaban J connectivity index is 1.24. The van der Waals surface area contributed by atoms with E-state index in [4.69, 9.17) is 0 Å². The van der Waals surface area contributed by atoms with E-state index in [9.17, 15) is 13.2 Å². The van der Waals surface area contributed by atoms with Gasteiger partial charge in [-0.3, -0.25) is 0 Å². The van der Waals surface area contributed by atoms with Crippen molar-refractivity contribution in [2.75, 3.05) is 23.3 Å². The second-order valence-corrected chi connectivity index (χ2v) is 12.8. The number of hydrogen-bond donors (Lipinski definition) is 1. The summed E-state index contributed by atoms with van der Waals surface area (Å²) in [5.41, 5.74) is 4.12. The van der Waals surface area contributed by atoms with Crippen molar-refractivity contribution in [1.29, 1.82) is 0 Å². The van der Waals surface area contributed by atoms with Gasteiger partial charge >= 0.3 is 6.18 Å². The van der Waals surface area contributed by atoms with Gasteiger partial charge in [0.15, 0.2) is 0 Å². The zero-order valence-electron chi connectivity index (χ0n) is 24.0. The quantitative estimate of drug-likeness (QED) is 0.332. The lowest BCUT2D eigenvalue weighted by molar-refractivity contribution is -0.137. The number of aromatic nitrogens is 1. The van der Waals surface area contributed by atoms with Gasteiger partial charge in [0.05, 0.1) is 5.56 Å². The van der Waals surface area contributed by atoms with Crippen LogP contribution >= 0.6 is 0 Å². The van der Waals surface area contributed by atoms with Crippen LogP contribution in [0, 0.1) is 11.8 Å². The van der Waals surface area contributed by atoms with Crippen molar-refractivity contribution in [2.24, 2.45) is 11.8 Å². The number of rotatable bonds is 6. The summed E-state index contributed by atoms with van der Waals surface area (Å²) < 4.78 is 39.1. The standard InChI is InChI=1S/C34H42F3N3/c1-33(2,3)29-11-6-10-25(21-29)26-17-18-38-32(22-26)39-31-12-5-4-9-27(31)20-24-8-7-19-40(23-24)30-15-13-28(14-16-30)34(35,36)37/h6,10-11,13-18,21-22,24,27,31H,4-5,7-9,12,19-20,23H2,1-3H3,(H,38,39)/t24-,27+,31-/m1/s1. The van der Waals surface area contributed by atoms with E-state index in [1.54, 1.807) is 12.1 Å². The Morgan fingerprint density at radius 1 is 0.850 bits per heavy atom. The smallest absolute Gasteiger partial charge is 0.371 e. The van der Waals surface area contributed by atoms with Gasteiger partial charge in [-0.15, -0.1) is 0 Å². The van der Waals surface area contributed by atoms with Gasteiger partial charge in [0.2, 0.25) is 0 Å². The summed E-state index contributed by atoms with van der Waals surface area (Å²) in [7, 11) is 0. The van der Waals surface area contributed by atoms with Crippen molar-refractivity contribution in [3.05, 3.63) is 78.0 Å². The Labute approximate surface area is 237 Å². The van der Waals surface area contributed by atoms with Gasteiger partial charge in [0.1, 0.15) is 5.82 Å². The zero-order valence-corrected chi connectivity index (χ0v) is 24.0. The van der Waals surface area contributed by atoms with Gasteiger partial charge in [-0.2, -0.15) is 13.2 Å². The van der Waals surface area contributed by atoms with Crippen molar-refractivity contribution in [2.45, 2.75) is 83.4 Å². The van der Waals surface area contributed by atoms with Crippen molar-refractivity contribution >= 4 is 11.5 Å². The largest absolute Gasteiger partial charge is 0.416 e. The van der Waals surface area contributed by atoms with Gasteiger partial charge in [0.25, 0.3) is 0 Å². The molecule has 1 aromatic heterocycles. The summed E-state index contributed by atoms with van der Waals surface area (Å²) in [6.45, 7) is 8.53. The number of alkyl halides is 3. The number of halogens is 3. The molecule has 0 amide bonds. The number of hydrogen-bond acceptors (Lipinski definition) is 3. The normalized spacial score (nSPS) is 22.2. The van der Waals surface area contributed by atoms with Crippen LogP contribution in [0.5, 0.6) is 0 Å². The van der Waals surface area contributed by atoms with E-state index in [1.165, 1.54) is 54.5 Å². The molecule has 2 fully saturated rings. The molecule has 3 atom stereocenters. The Morgan fingerprint density at radius 2 is 1.60 bits per heavy atom. The van der Waals surface area contributed by atoms with Crippen LogP contribution in [0.15, 0.2) is 66.9 Å². The molecule has 3 aromatic rings. The van der Waals surface area contributed by atoms with Gasteiger partial charge in [-0.25, -0.2) is 4.98 Å². The van der Waals surface area contributed by atoms with E-state index in [2.05, 4.69) is 72.4 Å². The number of piperidine rings is 1. The average Bonchev–Trinajstić information content (AvgIpc) is 2.94. The number of nitrogens with one attached hydrogen (secondary N) is 1. The van der Waals surface area contributed by atoms with Gasteiger partial charge in [-0.1, -0.05) is 57.9 Å². The Morgan fingerprint density at radius 3 is 2.35 bits per heavy atom. The molecule has 214 valence electrons. The molecule has 0 spiro atoms. The lowest BCUT2D eigenvalue weighted by Crippen LogP contribution is -2.39. The lowest BCUT2D eigenvalue weighted by Gasteiger charge is -2.39. The minimum atomic E-state index is -4.29. The molecule has 1 aliphatic heterocycles. The maximum atomic E-state index is 13.0. The molecule has 2 heterocycles. The highest BCUT2D eigenvalue weighted by Gasteiger charge is 2.32. The van der Waals surface area contributed by atoms with E-state index >= 15 is 0 Å². The molecule has 3 nitrogen and oxygen atoms in total. The fourth-order valence-electron chi connectivity index (χ4n) is 6.51. The summed E-state index contributed by atoms with van der Waals surface area (Å²) in [5, 5.41) is 3.81. The first-order valence-electron chi connectivity index (χ1n) is 14.8. The first-order chi connectivity index (χ1) is 19.1. The van der Waals surface area contributed by atoms with Crippen LogP contribution in [0.2, 0.25) is 0 Å². The molecule has 2 aliphatic rings. The van der Waals surface area contributed by atoms with Crippen molar-refractivity contribution < 1.29 is 13.2 Å². The molecular weight excluding hydrogens is 507 g/mol. The molecule has 1 N–H and O–H groups in total. The zero-order chi connectivity index (χ0) is 28.3. The molecule has 1 aliphatic carbocycles. The molecule has 0 unspecified atom stereocenters. The van der Waals surface area contributed by atoms with Crippen molar-refractivity contribution in [3.63, 3.8) is 0 Å². The molecule has 6 heteroatoms. The molecule has 0 radical (unpaired) electrons. The third kappa shape index (κ3) is 7.00. The van der Waals surface area contributed by atoms with Crippen LogP contribution < -0.4 is 10.2 Å². The van der Waals surface area contributed by atoms with E-state index in [0.717, 1.165) is 43.9 Å². The molecule has 1 saturated carbocycles. The fourth-order valence-corrected chi connectivity index (χ4v) is 6.51. The van der Waals surface area contributed by atoms with Crippen molar-refractivity contribution in [1.82, 2.24) is 4.98 Å². The lowest BCUT2D eigenvalue weighted by atomic mass is 9.77. The van der Waals surface area contributed by atoms with Crippen LogP contribution in [-0.4, -0.2) is 24.1 Å². The predicted molar refractivity (Wildman–Crippen MR) is 159 cm³/mol. The number of benzene rings is 2. The van der Waals surface area contributed by atoms with Crippen LogP contribution in [0.3, 0.4) is 0 Å².